The fourth-order valence-electron chi connectivity index (χ4n) is 2.52. The summed E-state index contributed by atoms with van der Waals surface area (Å²) >= 11 is 0. The van der Waals surface area contributed by atoms with Crippen molar-refractivity contribution in [3.05, 3.63) is 17.5 Å². The van der Waals surface area contributed by atoms with Crippen molar-refractivity contribution in [1.29, 1.82) is 0 Å². The zero-order chi connectivity index (χ0) is 15.8. The van der Waals surface area contributed by atoms with Crippen LogP contribution in [0.1, 0.15) is 17.9 Å². The minimum atomic E-state index is 0.0930. The number of nitrogens with zero attached hydrogens (tertiary/aromatic N) is 3. The van der Waals surface area contributed by atoms with Crippen molar-refractivity contribution in [3.63, 3.8) is 0 Å². The van der Waals surface area contributed by atoms with E-state index in [1.165, 1.54) is 0 Å². The van der Waals surface area contributed by atoms with Gasteiger partial charge in [-0.25, -0.2) is 0 Å². The number of aryl methyl sites for hydroxylation is 1. The third-order valence-electron chi connectivity index (χ3n) is 3.74. The molecule has 0 spiro atoms. The van der Waals surface area contributed by atoms with Crippen LogP contribution in [-0.2, 0) is 16.1 Å². The van der Waals surface area contributed by atoms with Crippen LogP contribution < -0.4 is 5.32 Å². The van der Waals surface area contributed by atoms with Gasteiger partial charge in [-0.05, 0) is 13.3 Å². The monoisotopic (exact) mass is 310 g/mol. The van der Waals surface area contributed by atoms with E-state index in [1.807, 2.05) is 13.0 Å². The van der Waals surface area contributed by atoms with Crippen molar-refractivity contribution >= 4 is 5.91 Å². The average Bonchev–Trinajstić information content (AvgIpc) is 2.91. The molecule has 7 nitrogen and oxygen atoms in total. The Morgan fingerprint density at radius 3 is 2.73 bits per heavy atom. The molecule has 7 heteroatoms. The van der Waals surface area contributed by atoms with E-state index in [-0.39, 0.29) is 5.91 Å². The highest BCUT2D eigenvalue weighted by Crippen LogP contribution is 2.09. The summed E-state index contributed by atoms with van der Waals surface area (Å²) in [4.78, 5) is 16.3. The average molecular weight is 310 g/mol. The summed E-state index contributed by atoms with van der Waals surface area (Å²) in [5.74, 6) is 0.997. The first-order valence-electron chi connectivity index (χ1n) is 7.80. The maximum atomic E-state index is 11.8. The Kier molecular flexibility index (Phi) is 6.82. The normalized spacial score (nSPS) is 16.8. The first-order valence-corrected chi connectivity index (χ1v) is 7.80. The number of aromatic nitrogens is 1. The number of piperazine rings is 1. The maximum Gasteiger partial charge on any atom is 0.234 e. The molecular weight excluding hydrogens is 284 g/mol. The van der Waals surface area contributed by atoms with Crippen molar-refractivity contribution in [2.24, 2.45) is 0 Å². The molecule has 1 aliphatic rings. The number of hydrogen-bond donors (Lipinski definition) is 1. The molecule has 1 aliphatic heterocycles. The molecule has 1 aromatic heterocycles. The quantitative estimate of drug-likeness (QED) is 0.694. The van der Waals surface area contributed by atoms with Gasteiger partial charge in [0.2, 0.25) is 5.91 Å². The largest absolute Gasteiger partial charge is 0.385 e. The fraction of sp³-hybridized carbons (Fsp3) is 0.733. The Bertz CT molecular complexity index is 455. The molecule has 1 saturated heterocycles. The van der Waals surface area contributed by atoms with E-state index >= 15 is 0 Å². The topological polar surface area (TPSA) is 70.8 Å². The van der Waals surface area contributed by atoms with Gasteiger partial charge < -0.3 is 14.6 Å². The van der Waals surface area contributed by atoms with Crippen LogP contribution in [0.4, 0.5) is 0 Å². The van der Waals surface area contributed by atoms with Crippen LogP contribution >= 0.6 is 0 Å². The van der Waals surface area contributed by atoms with E-state index in [0.717, 1.165) is 50.6 Å². The summed E-state index contributed by atoms with van der Waals surface area (Å²) < 4.78 is 10.2. The van der Waals surface area contributed by atoms with Gasteiger partial charge in [-0.2, -0.15) is 0 Å². The minimum Gasteiger partial charge on any atom is -0.385 e. The molecule has 2 rings (SSSR count). The number of rotatable bonds is 8. The first-order chi connectivity index (χ1) is 10.7. The van der Waals surface area contributed by atoms with Crippen LogP contribution in [0.5, 0.6) is 0 Å². The Balaban J connectivity index is 1.61. The van der Waals surface area contributed by atoms with E-state index in [2.05, 4.69) is 20.3 Å². The van der Waals surface area contributed by atoms with Crippen molar-refractivity contribution < 1.29 is 14.1 Å². The lowest BCUT2D eigenvalue weighted by Gasteiger charge is -2.33. The third kappa shape index (κ3) is 5.75. The first kappa shape index (κ1) is 16.9. The van der Waals surface area contributed by atoms with Gasteiger partial charge in [-0.3, -0.25) is 14.6 Å². The van der Waals surface area contributed by atoms with Gasteiger partial charge in [-0.1, -0.05) is 5.16 Å². The van der Waals surface area contributed by atoms with Crippen LogP contribution in [0, 0.1) is 6.92 Å². The Morgan fingerprint density at radius 2 is 2.09 bits per heavy atom. The second-order valence-corrected chi connectivity index (χ2v) is 5.68. The molecule has 1 N–H and O–H groups in total. The number of hydrogen-bond acceptors (Lipinski definition) is 6. The standard InChI is InChI=1S/C15H26N4O3/c1-13-10-14(22-17-13)11-18-5-7-19(8-6-18)12-15(20)16-4-3-9-21-2/h10H,3-9,11-12H2,1-2H3,(H,16,20). The van der Waals surface area contributed by atoms with Crippen molar-refractivity contribution in [2.75, 3.05) is 53.0 Å². The summed E-state index contributed by atoms with van der Waals surface area (Å²) in [6.45, 7) is 8.23. The molecule has 0 unspecified atom stereocenters. The van der Waals surface area contributed by atoms with Gasteiger partial charge in [0.15, 0.2) is 5.76 Å². The molecule has 0 radical (unpaired) electrons. The zero-order valence-corrected chi connectivity index (χ0v) is 13.5. The zero-order valence-electron chi connectivity index (χ0n) is 13.5. The molecule has 1 amide bonds. The molecular formula is C15H26N4O3. The van der Waals surface area contributed by atoms with Crippen LogP contribution in [-0.4, -0.2) is 73.8 Å². The van der Waals surface area contributed by atoms with E-state index < -0.39 is 0 Å². The summed E-state index contributed by atoms with van der Waals surface area (Å²) in [5, 5.41) is 6.83. The van der Waals surface area contributed by atoms with Gasteiger partial charge in [0.1, 0.15) is 0 Å². The SMILES string of the molecule is COCCCNC(=O)CN1CCN(Cc2cc(C)no2)CC1. The van der Waals surface area contributed by atoms with Crippen LogP contribution in [0.15, 0.2) is 10.6 Å². The van der Waals surface area contributed by atoms with E-state index in [0.29, 0.717) is 19.7 Å². The van der Waals surface area contributed by atoms with Crippen LogP contribution in [0.25, 0.3) is 0 Å². The lowest BCUT2D eigenvalue weighted by Crippen LogP contribution is -2.49. The van der Waals surface area contributed by atoms with E-state index in [1.54, 1.807) is 7.11 Å². The summed E-state index contributed by atoms with van der Waals surface area (Å²) in [6, 6.07) is 1.97. The predicted octanol–water partition coefficient (Wildman–Crippen LogP) is 0.253. The molecule has 0 bridgehead atoms. The Morgan fingerprint density at radius 1 is 1.36 bits per heavy atom. The molecule has 2 heterocycles. The highest BCUT2D eigenvalue weighted by molar-refractivity contribution is 5.77. The lowest BCUT2D eigenvalue weighted by molar-refractivity contribution is -0.122. The Labute approximate surface area is 131 Å². The van der Waals surface area contributed by atoms with Gasteiger partial charge in [0.25, 0.3) is 0 Å². The van der Waals surface area contributed by atoms with Crippen molar-refractivity contribution in [3.8, 4) is 0 Å². The smallest absolute Gasteiger partial charge is 0.234 e. The number of methoxy groups -OCH3 is 1. The van der Waals surface area contributed by atoms with Crippen molar-refractivity contribution in [2.45, 2.75) is 19.9 Å². The van der Waals surface area contributed by atoms with Crippen LogP contribution in [0.2, 0.25) is 0 Å². The number of carbonyl (C=O) groups excluding carboxylic acids is 1. The number of ether oxygens (including phenoxy) is 1. The summed E-state index contributed by atoms with van der Waals surface area (Å²) in [5.41, 5.74) is 0.916. The predicted molar refractivity (Wildman–Crippen MR) is 82.5 cm³/mol. The molecule has 124 valence electrons. The van der Waals surface area contributed by atoms with Crippen LogP contribution in [0.3, 0.4) is 0 Å². The molecule has 0 saturated carbocycles. The van der Waals surface area contributed by atoms with Crippen molar-refractivity contribution in [1.82, 2.24) is 20.3 Å². The molecule has 0 aromatic carbocycles. The number of nitrogens with one attached hydrogen (secondary N) is 1. The van der Waals surface area contributed by atoms with Gasteiger partial charge in [-0.15, -0.1) is 0 Å². The van der Waals surface area contributed by atoms with Gasteiger partial charge >= 0.3 is 0 Å². The molecule has 0 aliphatic carbocycles. The molecule has 1 aromatic rings. The minimum absolute atomic E-state index is 0.0930. The molecule has 22 heavy (non-hydrogen) atoms. The third-order valence-corrected chi connectivity index (χ3v) is 3.74. The highest BCUT2D eigenvalue weighted by atomic mass is 16.5. The second kappa shape index (κ2) is 8.87. The number of amides is 1. The fourth-order valence-corrected chi connectivity index (χ4v) is 2.52. The van der Waals surface area contributed by atoms with Gasteiger partial charge in [0.05, 0.1) is 18.8 Å². The maximum absolute atomic E-state index is 11.8. The highest BCUT2D eigenvalue weighted by Gasteiger charge is 2.19. The summed E-state index contributed by atoms with van der Waals surface area (Å²) in [6.07, 6.45) is 0.854. The second-order valence-electron chi connectivity index (χ2n) is 5.68. The summed E-state index contributed by atoms with van der Waals surface area (Å²) in [7, 11) is 1.67. The Hall–Kier alpha value is -1.44. The lowest BCUT2D eigenvalue weighted by atomic mass is 10.3. The molecule has 0 atom stereocenters. The molecule has 1 fully saturated rings. The van der Waals surface area contributed by atoms with Gasteiger partial charge in [0, 0.05) is 52.5 Å². The number of carbonyl (C=O) groups is 1. The van der Waals surface area contributed by atoms with E-state index in [4.69, 9.17) is 9.26 Å². The van der Waals surface area contributed by atoms with E-state index in [9.17, 15) is 4.79 Å².